The number of anilines is 2. The Labute approximate surface area is 183 Å². The van der Waals surface area contributed by atoms with E-state index in [1.54, 1.807) is 19.2 Å². The van der Waals surface area contributed by atoms with E-state index in [9.17, 15) is 4.79 Å². The number of amides is 1. The minimum Gasteiger partial charge on any atom is -0.383 e. The second-order valence-corrected chi connectivity index (χ2v) is 9.17. The van der Waals surface area contributed by atoms with Crippen molar-refractivity contribution in [1.29, 1.82) is 0 Å². The van der Waals surface area contributed by atoms with E-state index in [-0.39, 0.29) is 11.7 Å². The molecule has 3 rings (SSSR count). The van der Waals surface area contributed by atoms with Crippen molar-refractivity contribution in [3.8, 4) is 11.3 Å². The van der Waals surface area contributed by atoms with Gasteiger partial charge in [0.1, 0.15) is 0 Å². The van der Waals surface area contributed by atoms with E-state index in [0.29, 0.717) is 37.8 Å². The highest BCUT2D eigenvalue weighted by atomic mass is 35.5. The Kier molecular flexibility index (Phi) is 7.89. The first-order valence-corrected chi connectivity index (χ1v) is 11.4. The Balaban J connectivity index is 1.50. The number of methoxy groups -OCH3 is 1. The standard InChI is InChI=1S/C16H15Cl2N5O2S3/c1-25-5-4-19-14-22-23-16(28-14)27-8-13(24)21-15-20-12(7-26-15)9-2-3-10(17)11(18)6-9/h2-3,6-7H,4-5,8H2,1H3,(H,19,22)(H,20,21,24). The average Bonchev–Trinajstić information content (AvgIpc) is 3.32. The normalized spacial score (nSPS) is 10.8. The topological polar surface area (TPSA) is 89.0 Å². The summed E-state index contributed by atoms with van der Waals surface area (Å²) in [6.07, 6.45) is 0. The van der Waals surface area contributed by atoms with Crippen LogP contribution in [0.4, 0.5) is 10.3 Å². The third kappa shape index (κ3) is 6.03. The average molecular weight is 476 g/mol. The van der Waals surface area contributed by atoms with Gasteiger partial charge in [-0.15, -0.1) is 21.5 Å². The molecule has 28 heavy (non-hydrogen) atoms. The Hall–Kier alpha value is -1.43. The third-order valence-electron chi connectivity index (χ3n) is 3.28. The molecule has 1 amide bonds. The molecule has 3 aromatic rings. The fourth-order valence-electron chi connectivity index (χ4n) is 2.00. The fourth-order valence-corrected chi connectivity index (χ4v) is 4.61. The number of ether oxygens (including phenoxy) is 1. The summed E-state index contributed by atoms with van der Waals surface area (Å²) in [6, 6.07) is 5.29. The predicted molar refractivity (Wildman–Crippen MR) is 117 cm³/mol. The van der Waals surface area contributed by atoms with Crippen LogP contribution in [0, 0.1) is 0 Å². The Morgan fingerprint density at radius 2 is 2.11 bits per heavy atom. The number of nitrogens with zero attached hydrogens (tertiary/aromatic N) is 3. The number of benzene rings is 1. The summed E-state index contributed by atoms with van der Waals surface area (Å²) in [5.74, 6) is 0.0538. The zero-order chi connectivity index (χ0) is 19.9. The van der Waals surface area contributed by atoms with Crippen molar-refractivity contribution < 1.29 is 9.53 Å². The van der Waals surface area contributed by atoms with Gasteiger partial charge in [0.25, 0.3) is 0 Å². The van der Waals surface area contributed by atoms with Gasteiger partial charge in [0, 0.05) is 24.6 Å². The van der Waals surface area contributed by atoms with Crippen LogP contribution in [0.2, 0.25) is 10.0 Å². The maximum absolute atomic E-state index is 12.2. The number of carbonyl (C=O) groups excluding carboxylic acids is 1. The van der Waals surface area contributed by atoms with Crippen molar-refractivity contribution in [3.63, 3.8) is 0 Å². The molecule has 0 saturated carbocycles. The van der Waals surface area contributed by atoms with Crippen molar-refractivity contribution in [2.75, 3.05) is 36.6 Å². The zero-order valence-electron chi connectivity index (χ0n) is 14.6. The second kappa shape index (κ2) is 10.4. The van der Waals surface area contributed by atoms with Crippen LogP contribution in [0.5, 0.6) is 0 Å². The molecule has 0 aliphatic heterocycles. The minimum absolute atomic E-state index is 0.163. The molecular formula is C16H15Cl2N5O2S3. The van der Waals surface area contributed by atoms with E-state index >= 15 is 0 Å². The largest absolute Gasteiger partial charge is 0.383 e. The number of thiazole rings is 1. The van der Waals surface area contributed by atoms with Gasteiger partial charge in [-0.05, 0) is 12.1 Å². The van der Waals surface area contributed by atoms with Crippen molar-refractivity contribution in [1.82, 2.24) is 15.2 Å². The van der Waals surface area contributed by atoms with Crippen molar-refractivity contribution >= 4 is 73.8 Å². The van der Waals surface area contributed by atoms with Gasteiger partial charge < -0.3 is 15.4 Å². The highest BCUT2D eigenvalue weighted by Crippen LogP contribution is 2.31. The van der Waals surface area contributed by atoms with E-state index in [2.05, 4.69) is 25.8 Å². The summed E-state index contributed by atoms with van der Waals surface area (Å²) in [5.41, 5.74) is 1.56. The van der Waals surface area contributed by atoms with Crippen LogP contribution in [0.3, 0.4) is 0 Å². The Bertz CT molecular complexity index is 950. The van der Waals surface area contributed by atoms with E-state index in [1.165, 1.54) is 34.4 Å². The lowest BCUT2D eigenvalue weighted by molar-refractivity contribution is -0.113. The molecule has 0 spiro atoms. The molecule has 148 valence electrons. The van der Waals surface area contributed by atoms with Gasteiger partial charge in [-0.2, -0.15) is 0 Å². The molecule has 0 atom stereocenters. The maximum atomic E-state index is 12.2. The van der Waals surface area contributed by atoms with Crippen LogP contribution >= 0.6 is 57.6 Å². The number of hydrogen-bond donors (Lipinski definition) is 2. The van der Waals surface area contributed by atoms with Crippen LogP contribution in [-0.2, 0) is 9.53 Å². The number of rotatable bonds is 9. The molecule has 12 heteroatoms. The zero-order valence-corrected chi connectivity index (χ0v) is 18.5. The van der Waals surface area contributed by atoms with Gasteiger partial charge in [-0.1, -0.05) is 52.4 Å². The molecule has 2 aromatic heterocycles. The Morgan fingerprint density at radius 1 is 1.25 bits per heavy atom. The van der Waals surface area contributed by atoms with E-state index in [0.717, 1.165) is 11.3 Å². The Morgan fingerprint density at radius 3 is 2.89 bits per heavy atom. The minimum atomic E-state index is -0.163. The molecule has 0 unspecified atom stereocenters. The summed E-state index contributed by atoms with van der Waals surface area (Å²) < 4.78 is 5.68. The molecule has 0 aliphatic rings. The summed E-state index contributed by atoms with van der Waals surface area (Å²) >= 11 is 16.0. The fraction of sp³-hybridized carbons (Fsp3) is 0.250. The predicted octanol–water partition coefficient (Wildman–Crippen LogP) is 4.76. The molecule has 0 bridgehead atoms. The maximum Gasteiger partial charge on any atom is 0.236 e. The van der Waals surface area contributed by atoms with Crippen LogP contribution in [0.15, 0.2) is 27.9 Å². The van der Waals surface area contributed by atoms with Crippen LogP contribution < -0.4 is 10.6 Å². The molecule has 7 nitrogen and oxygen atoms in total. The number of halogens is 2. The number of thioether (sulfide) groups is 1. The first-order valence-electron chi connectivity index (χ1n) is 7.95. The van der Waals surface area contributed by atoms with Crippen molar-refractivity contribution in [3.05, 3.63) is 33.6 Å². The van der Waals surface area contributed by atoms with Gasteiger partial charge >= 0.3 is 0 Å². The number of aromatic nitrogens is 3. The summed E-state index contributed by atoms with van der Waals surface area (Å²) in [5, 5.41) is 18.0. The van der Waals surface area contributed by atoms with Crippen LogP contribution in [-0.4, -0.2) is 47.1 Å². The highest BCUT2D eigenvalue weighted by Gasteiger charge is 2.11. The first-order chi connectivity index (χ1) is 13.5. The number of hydrogen-bond acceptors (Lipinski definition) is 9. The van der Waals surface area contributed by atoms with Crippen LogP contribution in [0.25, 0.3) is 11.3 Å². The van der Waals surface area contributed by atoms with E-state index < -0.39 is 0 Å². The van der Waals surface area contributed by atoms with E-state index in [1.807, 2.05) is 11.4 Å². The van der Waals surface area contributed by atoms with Crippen molar-refractivity contribution in [2.24, 2.45) is 0 Å². The summed E-state index contributed by atoms with van der Waals surface area (Å²) in [7, 11) is 1.64. The van der Waals surface area contributed by atoms with Gasteiger partial charge in [-0.25, -0.2) is 4.98 Å². The number of nitrogens with one attached hydrogen (secondary N) is 2. The summed E-state index contributed by atoms with van der Waals surface area (Å²) in [6.45, 7) is 1.24. The molecule has 0 fully saturated rings. The second-order valence-electron chi connectivity index (χ2n) is 5.30. The molecule has 0 saturated heterocycles. The monoisotopic (exact) mass is 475 g/mol. The first kappa shape index (κ1) is 21.3. The molecule has 2 N–H and O–H groups in total. The van der Waals surface area contributed by atoms with Crippen LogP contribution in [0.1, 0.15) is 0 Å². The molecule has 1 aromatic carbocycles. The van der Waals surface area contributed by atoms with Crippen molar-refractivity contribution in [2.45, 2.75) is 4.34 Å². The van der Waals surface area contributed by atoms with Gasteiger partial charge in [-0.3, -0.25) is 4.79 Å². The quantitative estimate of drug-likeness (QED) is 0.340. The third-order valence-corrected chi connectivity index (χ3v) is 6.79. The van der Waals surface area contributed by atoms with Gasteiger partial charge in [0.2, 0.25) is 11.0 Å². The van der Waals surface area contributed by atoms with E-state index in [4.69, 9.17) is 27.9 Å². The lowest BCUT2D eigenvalue weighted by Gasteiger charge is -2.01. The lowest BCUT2D eigenvalue weighted by Crippen LogP contribution is -2.13. The SMILES string of the molecule is COCCNc1nnc(SCC(=O)Nc2nc(-c3ccc(Cl)c(Cl)c3)cs2)s1. The molecular weight excluding hydrogens is 461 g/mol. The highest BCUT2D eigenvalue weighted by molar-refractivity contribution is 8.01. The van der Waals surface area contributed by atoms with Gasteiger partial charge in [0.15, 0.2) is 9.47 Å². The number of carbonyl (C=O) groups is 1. The smallest absolute Gasteiger partial charge is 0.236 e. The summed E-state index contributed by atoms with van der Waals surface area (Å²) in [4.78, 5) is 16.6. The molecule has 0 aliphatic carbocycles. The molecule has 2 heterocycles. The lowest BCUT2D eigenvalue weighted by atomic mass is 10.2. The van der Waals surface area contributed by atoms with Gasteiger partial charge in [0.05, 0.1) is 28.1 Å². The molecule has 0 radical (unpaired) electrons.